The Morgan fingerprint density at radius 3 is 2.63 bits per heavy atom. The molecule has 0 saturated heterocycles. The molecule has 1 N–H and O–H groups in total. The second kappa shape index (κ2) is 4.93. The van der Waals surface area contributed by atoms with Crippen molar-refractivity contribution in [2.45, 2.75) is 6.92 Å². The summed E-state index contributed by atoms with van der Waals surface area (Å²) in [5.41, 5.74) is 2.26. The Morgan fingerprint density at radius 1 is 1.42 bits per heavy atom. The summed E-state index contributed by atoms with van der Waals surface area (Å²) in [6, 6.07) is 5.08. The minimum absolute atomic E-state index is 0.00633. The van der Waals surface area contributed by atoms with Crippen LogP contribution in [0.3, 0.4) is 0 Å². The van der Waals surface area contributed by atoms with E-state index in [4.69, 9.17) is 21.4 Å². The average molecular weight is 281 g/mol. The highest BCUT2D eigenvalue weighted by Gasteiger charge is 2.15. The number of carbonyl (C=O) groups is 1. The standard InChI is InChI=1S/C13H13ClN2O3/c1-7-9(14)4-8(5-12(7)19-3)11-6-10(13(17)18)15-16(11)2/h4-6H,1-3H3,(H,17,18). The number of rotatable bonds is 3. The molecule has 6 heteroatoms. The molecule has 1 aromatic carbocycles. The first-order valence-electron chi connectivity index (χ1n) is 5.56. The lowest BCUT2D eigenvalue weighted by Crippen LogP contribution is -1.99. The van der Waals surface area contributed by atoms with E-state index in [0.717, 1.165) is 11.1 Å². The van der Waals surface area contributed by atoms with Gasteiger partial charge in [0.2, 0.25) is 0 Å². The Hall–Kier alpha value is -2.01. The number of halogens is 1. The SMILES string of the molecule is COc1cc(-c2cc(C(=O)O)nn2C)cc(Cl)c1C. The normalized spacial score (nSPS) is 10.5. The third-order valence-electron chi connectivity index (χ3n) is 2.91. The van der Waals surface area contributed by atoms with E-state index in [1.807, 2.05) is 13.0 Å². The number of carboxylic acids is 1. The van der Waals surface area contributed by atoms with Gasteiger partial charge in [-0.1, -0.05) is 11.6 Å². The number of nitrogens with zero attached hydrogens (tertiary/aromatic N) is 2. The quantitative estimate of drug-likeness (QED) is 0.939. The third-order valence-corrected chi connectivity index (χ3v) is 3.30. The lowest BCUT2D eigenvalue weighted by molar-refractivity contribution is 0.0689. The van der Waals surface area contributed by atoms with Gasteiger partial charge in [-0.25, -0.2) is 4.79 Å². The van der Waals surface area contributed by atoms with Crippen LogP contribution in [-0.2, 0) is 7.05 Å². The van der Waals surface area contributed by atoms with Crippen LogP contribution in [0.25, 0.3) is 11.3 Å². The van der Waals surface area contributed by atoms with E-state index in [9.17, 15) is 4.79 Å². The van der Waals surface area contributed by atoms with Crippen LogP contribution in [-0.4, -0.2) is 28.0 Å². The molecular formula is C13H13ClN2O3. The molecular weight excluding hydrogens is 268 g/mol. The maximum Gasteiger partial charge on any atom is 0.356 e. The van der Waals surface area contributed by atoms with Crippen molar-refractivity contribution in [1.29, 1.82) is 0 Å². The Balaban J connectivity index is 2.59. The van der Waals surface area contributed by atoms with Crippen LogP contribution in [0.15, 0.2) is 18.2 Å². The van der Waals surface area contributed by atoms with Crippen molar-refractivity contribution < 1.29 is 14.6 Å². The summed E-state index contributed by atoms with van der Waals surface area (Å²) in [4.78, 5) is 10.9. The van der Waals surface area contributed by atoms with Crippen molar-refractivity contribution in [2.24, 2.45) is 7.05 Å². The monoisotopic (exact) mass is 280 g/mol. The number of hydrogen-bond donors (Lipinski definition) is 1. The van der Waals surface area contributed by atoms with Crippen LogP contribution in [0, 0.1) is 6.92 Å². The van der Waals surface area contributed by atoms with Gasteiger partial charge in [0.15, 0.2) is 5.69 Å². The van der Waals surface area contributed by atoms with Crippen LogP contribution in [0.1, 0.15) is 16.1 Å². The molecule has 0 atom stereocenters. The summed E-state index contributed by atoms with van der Waals surface area (Å²) in [5, 5.41) is 13.4. The molecule has 1 aromatic heterocycles. The summed E-state index contributed by atoms with van der Waals surface area (Å²) < 4.78 is 6.76. The van der Waals surface area contributed by atoms with Gasteiger partial charge in [0.25, 0.3) is 0 Å². The van der Waals surface area contributed by atoms with Crippen LogP contribution in [0.2, 0.25) is 5.02 Å². The molecule has 19 heavy (non-hydrogen) atoms. The first kappa shape index (κ1) is 13.4. The van der Waals surface area contributed by atoms with E-state index >= 15 is 0 Å². The first-order valence-corrected chi connectivity index (χ1v) is 5.93. The number of aryl methyl sites for hydroxylation is 1. The summed E-state index contributed by atoms with van der Waals surface area (Å²) >= 11 is 6.14. The number of benzene rings is 1. The molecule has 1 heterocycles. The predicted octanol–water partition coefficient (Wildman–Crippen LogP) is 2.76. The molecule has 0 amide bonds. The van der Waals surface area contributed by atoms with E-state index in [2.05, 4.69) is 5.10 Å². The lowest BCUT2D eigenvalue weighted by Gasteiger charge is -2.10. The van der Waals surface area contributed by atoms with Crippen LogP contribution in [0.5, 0.6) is 5.75 Å². The van der Waals surface area contributed by atoms with Gasteiger partial charge in [0.1, 0.15) is 5.75 Å². The zero-order valence-electron chi connectivity index (χ0n) is 10.8. The topological polar surface area (TPSA) is 64.3 Å². The van der Waals surface area contributed by atoms with Gasteiger partial charge in [0.05, 0.1) is 12.8 Å². The largest absolute Gasteiger partial charge is 0.496 e. The number of ether oxygens (including phenoxy) is 1. The fourth-order valence-electron chi connectivity index (χ4n) is 1.86. The van der Waals surface area contributed by atoms with Crippen LogP contribution >= 0.6 is 11.6 Å². The van der Waals surface area contributed by atoms with Gasteiger partial charge in [-0.15, -0.1) is 0 Å². The van der Waals surface area contributed by atoms with Gasteiger partial charge in [-0.05, 0) is 25.1 Å². The Morgan fingerprint density at radius 2 is 2.11 bits per heavy atom. The highest BCUT2D eigenvalue weighted by Crippen LogP contribution is 2.32. The first-order chi connectivity index (χ1) is 8.93. The van der Waals surface area contributed by atoms with E-state index in [-0.39, 0.29) is 5.69 Å². The molecule has 0 aliphatic rings. The van der Waals surface area contributed by atoms with Gasteiger partial charge < -0.3 is 9.84 Å². The van der Waals surface area contributed by atoms with Crippen molar-refractivity contribution in [2.75, 3.05) is 7.11 Å². The van der Waals surface area contributed by atoms with E-state index in [0.29, 0.717) is 16.5 Å². The zero-order valence-corrected chi connectivity index (χ0v) is 11.5. The summed E-state index contributed by atoms with van der Waals surface area (Å²) in [7, 11) is 3.25. The smallest absolute Gasteiger partial charge is 0.356 e. The molecule has 0 radical (unpaired) electrons. The molecule has 0 aliphatic carbocycles. The summed E-state index contributed by atoms with van der Waals surface area (Å²) in [6.07, 6.45) is 0. The number of aromatic nitrogens is 2. The molecule has 0 fully saturated rings. The molecule has 2 rings (SSSR count). The van der Waals surface area contributed by atoms with E-state index in [1.165, 1.54) is 10.7 Å². The van der Waals surface area contributed by atoms with Gasteiger partial charge >= 0.3 is 5.97 Å². The van der Waals surface area contributed by atoms with Crippen molar-refractivity contribution in [3.8, 4) is 17.0 Å². The number of hydrogen-bond acceptors (Lipinski definition) is 3. The van der Waals surface area contributed by atoms with Gasteiger partial charge in [-0.2, -0.15) is 5.10 Å². The lowest BCUT2D eigenvalue weighted by atomic mass is 10.1. The molecule has 0 aliphatic heterocycles. The molecule has 0 spiro atoms. The van der Waals surface area contributed by atoms with Crippen molar-refractivity contribution >= 4 is 17.6 Å². The Labute approximate surface area is 115 Å². The van der Waals surface area contributed by atoms with Crippen molar-refractivity contribution in [3.63, 3.8) is 0 Å². The maximum atomic E-state index is 10.9. The third kappa shape index (κ3) is 2.42. The van der Waals surface area contributed by atoms with Crippen molar-refractivity contribution in [1.82, 2.24) is 9.78 Å². The number of aromatic carboxylic acids is 1. The molecule has 0 bridgehead atoms. The second-order valence-corrected chi connectivity index (χ2v) is 4.54. The highest BCUT2D eigenvalue weighted by atomic mass is 35.5. The minimum Gasteiger partial charge on any atom is -0.496 e. The summed E-state index contributed by atoms with van der Waals surface area (Å²) in [5.74, 6) is -0.410. The zero-order chi connectivity index (χ0) is 14.2. The molecule has 100 valence electrons. The fourth-order valence-corrected chi connectivity index (χ4v) is 2.07. The Kier molecular flexibility index (Phi) is 3.48. The van der Waals surface area contributed by atoms with Crippen molar-refractivity contribution in [3.05, 3.63) is 34.5 Å². The highest BCUT2D eigenvalue weighted by molar-refractivity contribution is 6.31. The second-order valence-electron chi connectivity index (χ2n) is 4.13. The van der Waals surface area contributed by atoms with Gasteiger partial charge in [-0.3, -0.25) is 4.68 Å². The minimum atomic E-state index is -1.06. The average Bonchev–Trinajstić information content (AvgIpc) is 2.75. The van der Waals surface area contributed by atoms with Crippen LogP contribution < -0.4 is 4.74 Å². The molecule has 0 unspecified atom stereocenters. The maximum absolute atomic E-state index is 10.9. The molecule has 0 saturated carbocycles. The Bertz CT molecular complexity index is 650. The van der Waals surface area contributed by atoms with Crippen LogP contribution in [0.4, 0.5) is 0 Å². The number of methoxy groups -OCH3 is 1. The van der Waals surface area contributed by atoms with E-state index < -0.39 is 5.97 Å². The van der Waals surface area contributed by atoms with Gasteiger partial charge in [0, 0.05) is 23.2 Å². The molecule has 5 nitrogen and oxygen atoms in total. The van der Waals surface area contributed by atoms with E-state index in [1.54, 1.807) is 20.2 Å². The fraction of sp³-hybridized carbons (Fsp3) is 0.231. The predicted molar refractivity (Wildman–Crippen MR) is 71.9 cm³/mol. The number of carboxylic acid groups (broad SMARTS) is 1. The molecule has 2 aromatic rings. The summed E-state index contributed by atoms with van der Waals surface area (Å²) in [6.45, 7) is 1.86.